The molecular formula is C10H19N3O2. The normalized spacial score (nSPS) is 12.0. The lowest BCUT2D eigenvalue weighted by molar-refractivity contribution is -0.0260. The van der Waals surface area contributed by atoms with E-state index in [-0.39, 0.29) is 5.60 Å². The summed E-state index contributed by atoms with van der Waals surface area (Å²) in [5.41, 5.74) is 5.20. The zero-order valence-corrected chi connectivity index (χ0v) is 9.62. The molecule has 0 amide bonds. The number of ether oxygens (including phenoxy) is 1. The molecule has 0 aliphatic rings. The van der Waals surface area contributed by atoms with E-state index in [9.17, 15) is 0 Å². The van der Waals surface area contributed by atoms with E-state index in [2.05, 4.69) is 10.1 Å². The Labute approximate surface area is 90.0 Å². The number of hydrogen-bond acceptors (Lipinski definition) is 5. The average molecular weight is 213 g/mol. The van der Waals surface area contributed by atoms with E-state index in [4.69, 9.17) is 15.0 Å². The van der Waals surface area contributed by atoms with Gasteiger partial charge in [0.05, 0.1) is 5.60 Å². The number of rotatable bonds is 5. The summed E-state index contributed by atoms with van der Waals surface area (Å²) in [7, 11) is 0. The van der Waals surface area contributed by atoms with Gasteiger partial charge in [-0.1, -0.05) is 5.16 Å². The fourth-order valence-electron chi connectivity index (χ4n) is 0.989. The minimum Gasteiger partial charge on any atom is -0.366 e. The first-order valence-corrected chi connectivity index (χ1v) is 5.17. The average Bonchev–Trinajstić information content (AvgIpc) is 2.58. The number of hydrogen-bond donors (Lipinski definition) is 1. The maximum absolute atomic E-state index is 5.51. The molecule has 2 N–H and O–H groups in total. The Morgan fingerprint density at radius 3 is 2.73 bits per heavy atom. The van der Waals surface area contributed by atoms with Crippen molar-refractivity contribution in [2.45, 2.75) is 45.8 Å². The van der Waals surface area contributed by atoms with Gasteiger partial charge in [0.1, 0.15) is 6.61 Å². The van der Waals surface area contributed by atoms with Crippen LogP contribution >= 0.6 is 0 Å². The molecule has 86 valence electrons. The summed E-state index contributed by atoms with van der Waals surface area (Å²) in [6.45, 7) is 6.96. The van der Waals surface area contributed by atoms with Gasteiger partial charge in [0.25, 0.3) is 5.89 Å². The Hall–Kier alpha value is -0.940. The molecule has 0 aliphatic carbocycles. The highest BCUT2D eigenvalue weighted by atomic mass is 16.5. The quantitative estimate of drug-likeness (QED) is 0.797. The summed E-state index contributed by atoms with van der Waals surface area (Å²) in [6, 6.07) is 0. The number of nitrogens with two attached hydrogens (primary N) is 1. The zero-order chi connectivity index (χ0) is 11.3. The minimum absolute atomic E-state index is 0.189. The van der Waals surface area contributed by atoms with Crippen LogP contribution in [0.2, 0.25) is 0 Å². The van der Waals surface area contributed by atoms with Gasteiger partial charge in [-0.2, -0.15) is 4.98 Å². The fraction of sp³-hybridized carbons (Fsp3) is 0.800. The van der Waals surface area contributed by atoms with Gasteiger partial charge >= 0.3 is 0 Å². The van der Waals surface area contributed by atoms with Gasteiger partial charge in [-0.25, -0.2) is 0 Å². The highest BCUT2D eigenvalue weighted by Crippen LogP contribution is 2.10. The van der Waals surface area contributed by atoms with E-state index in [0.717, 1.165) is 12.8 Å². The molecule has 1 aromatic heterocycles. The molecule has 1 aromatic rings. The predicted octanol–water partition coefficient (Wildman–Crippen LogP) is 1.28. The smallest absolute Gasteiger partial charge is 0.252 e. The first-order valence-electron chi connectivity index (χ1n) is 5.17. The third kappa shape index (κ3) is 4.90. The molecule has 0 spiro atoms. The fourth-order valence-corrected chi connectivity index (χ4v) is 0.989. The topological polar surface area (TPSA) is 74.2 Å². The van der Waals surface area contributed by atoms with Gasteiger partial charge < -0.3 is 15.0 Å². The lowest BCUT2D eigenvalue weighted by atomic mass is 10.2. The van der Waals surface area contributed by atoms with Crippen LogP contribution in [0.1, 0.15) is 38.9 Å². The molecule has 0 saturated heterocycles. The Bertz CT molecular complexity index is 291. The number of nitrogens with zero attached hydrogens (tertiary/aromatic N) is 2. The molecule has 0 aromatic carbocycles. The van der Waals surface area contributed by atoms with Crippen LogP contribution in [0.25, 0.3) is 0 Å². The van der Waals surface area contributed by atoms with Gasteiger partial charge in [-0.05, 0) is 33.7 Å². The highest BCUT2D eigenvalue weighted by molar-refractivity contribution is 4.85. The summed E-state index contributed by atoms with van der Waals surface area (Å²) < 4.78 is 10.5. The van der Waals surface area contributed by atoms with Gasteiger partial charge in [-0.3, -0.25) is 0 Å². The van der Waals surface area contributed by atoms with Crippen molar-refractivity contribution < 1.29 is 9.26 Å². The first kappa shape index (κ1) is 12.1. The molecular weight excluding hydrogens is 194 g/mol. The van der Waals surface area contributed by atoms with Crippen LogP contribution in [0.5, 0.6) is 0 Å². The van der Waals surface area contributed by atoms with Crippen molar-refractivity contribution in [3.8, 4) is 0 Å². The first-order chi connectivity index (χ1) is 7.01. The second kappa shape index (κ2) is 5.23. The molecule has 0 saturated carbocycles. The van der Waals surface area contributed by atoms with Crippen molar-refractivity contribution in [1.82, 2.24) is 10.1 Å². The maximum Gasteiger partial charge on any atom is 0.252 e. The van der Waals surface area contributed by atoms with E-state index in [1.807, 2.05) is 20.8 Å². The third-order valence-electron chi connectivity index (χ3n) is 1.74. The van der Waals surface area contributed by atoms with Crippen LogP contribution in [0.15, 0.2) is 4.52 Å². The number of aromatic nitrogens is 2. The number of aryl methyl sites for hydroxylation is 1. The molecule has 0 fully saturated rings. The van der Waals surface area contributed by atoms with E-state index in [1.165, 1.54) is 0 Å². The molecule has 5 nitrogen and oxygen atoms in total. The molecule has 1 rings (SSSR count). The summed E-state index contributed by atoms with van der Waals surface area (Å²) in [6.07, 6.45) is 1.63. The lowest BCUT2D eigenvalue weighted by Crippen LogP contribution is -2.18. The molecule has 15 heavy (non-hydrogen) atoms. The minimum atomic E-state index is -0.189. The Balaban J connectivity index is 2.39. The Morgan fingerprint density at radius 2 is 2.13 bits per heavy atom. The standard InChI is InChI=1S/C10H19N3O2/c1-10(2,3)14-7-9-12-8(13-15-9)5-4-6-11/h4-7,11H2,1-3H3. The van der Waals surface area contributed by atoms with Crippen molar-refractivity contribution in [2.24, 2.45) is 5.73 Å². The molecule has 5 heteroatoms. The van der Waals surface area contributed by atoms with E-state index < -0.39 is 0 Å². The van der Waals surface area contributed by atoms with Crippen molar-refractivity contribution in [3.63, 3.8) is 0 Å². The second-order valence-electron chi connectivity index (χ2n) is 4.40. The highest BCUT2D eigenvalue weighted by Gasteiger charge is 2.13. The van der Waals surface area contributed by atoms with Crippen LogP contribution in [-0.4, -0.2) is 22.3 Å². The zero-order valence-electron chi connectivity index (χ0n) is 9.62. The molecule has 0 unspecified atom stereocenters. The van der Waals surface area contributed by atoms with Gasteiger partial charge in [0.15, 0.2) is 5.82 Å². The van der Waals surface area contributed by atoms with Crippen LogP contribution < -0.4 is 5.73 Å². The SMILES string of the molecule is CC(C)(C)OCc1nc(CCCN)no1. The third-order valence-corrected chi connectivity index (χ3v) is 1.74. The Kier molecular flexibility index (Phi) is 4.23. The lowest BCUT2D eigenvalue weighted by Gasteiger charge is -2.17. The molecule has 1 heterocycles. The van der Waals surface area contributed by atoms with Crippen molar-refractivity contribution in [2.75, 3.05) is 6.54 Å². The largest absolute Gasteiger partial charge is 0.366 e. The van der Waals surface area contributed by atoms with Crippen LogP contribution in [0.3, 0.4) is 0 Å². The molecule has 0 atom stereocenters. The van der Waals surface area contributed by atoms with E-state index in [0.29, 0.717) is 24.9 Å². The summed E-state index contributed by atoms with van der Waals surface area (Å²) in [4.78, 5) is 4.19. The van der Waals surface area contributed by atoms with Crippen LogP contribution in [-0.2, 0) is 17.8 Å². The molecule has 0 bridgehead atoms. The predicted molar refractivity (Wildman–Crippen MR) is 56.2 cm³/mol. The maximum atomic E-state index is 5.51. The van der Waals surface area contributed by atoms with Crippen molar-refractivity contribution >= 4 is 0 Å². The molecule has 0 radical (unpaired) electrons. The van der Waals surface area contributed by atoms with Crippen LogP contribution in [0.4, 0.5) is 0 Å². The van der Waals surface area contributed by atoms with E-state index in [1.54, 1.807) is 0 Å². The summed E-state index contributed by atoms with van der Waals surface area (Å²) >= 11 is 0. The summed E-state index contributed by atoms with van der Waals surface area (Å²) in [5.74, 6) is 1.23. The van der Waals surface area contributed by atoms with Gasteiger partial charge in [0.2, 0.25) is 0 Å². The Morgan fingerprint density at radius 1 is 1.40 bits per heavy atom. The van der Waals surface area contributed by atoms with Gasteiger partial charge in [-0.15, -0.1) is 0 Å². The second-order valence-corrected chi connectivity index (χ2v) is 4.40. The van der Waals surface area contributed by atoms with Crippen molar-refractivity contribution in [3.05, 3.63) is 11.7 Å². The monoisotopic (exact) mass is 213 g/mol. The van der Waals surface area contributed by atoms with E-state index >= 15 is 0 Å². The summed E-state index contributed by atoms with van der Waals surface area (Å²) in [5, 5.41) is 3.83. The van der Waals surface area contributed by atoms with Crippen LogP contribution in [0, 0.1) is 0 Å². The van der Waals surface area contributed by atoms with Gasteiger partial charge in [0, 0.05) is 6.42 Å². The van der Waals surface area contributed by atoms with Crippen molar-refractivity contribution in [1.29, 1.82) is 0 Å². The molecule has 0 aliphatic heterocycles.